The Morgan fingerprint density at radius 2 is 0.955 bits per heavy atom. The Morgan fingerprint density at radius 3 is 1.32 bits per heavy atom. The lowest BCUT2D eigenvalue weighted by molar-refractivity contribution is 0.463. The lowest BCUT2D eigenvalue weighted by atomic mass is 9.98. The lowest BCUT2D eigenvalue weighted by Gasteiger charge is -2.14. The van der Waals surface area contributed by atoms with Crippen LogP contribution in [0.3, 0.4) is 0 Å². The van der Waals surface area contributed by atoms with E-state index in [4.69, 9.17) is 0 Å². The highest BCUT2D eigenvalue weighted by molar-refractivity contribution is 5.90. The van der Waals surface area contributed by atoms with E-state index in [1.807, 2.05) is 0 Å². The fourth-order valence-electron chi connectivity index (χ4n) is 3.22. The number of aliphatic imine (C=N–C) groups is 2. The molecule has 0 aliphatic heterocycles. The number of phenolic OH excluding ortho intramolecular Hbond substituents is 2. The minimum absolute atomic E-state index is 0.103. The zero-order chi connectivity index (χ0) is 15.4. The van der Waals surface area contributed by atoms with E-state index in [9.17, 15) is 10.2 Å². The molecule has 0 aromatic heterocycles. The Balaban J connectivity index is 1.84. The van der Waals surface area contributed by atoms with E-state index in [-0.39, 0.29) is 11.5 Å². The number of rotatable bonds is 2. The van der Waals surface area contributed by atoms with Crippen LogP contribution in [0.25, 0.3) is 0 Å². The standard InChI is InChI=1S/C18H24N2O2/c21-17-12-16(20-14-9-5-2-6-10-14)18(22)11-15(17)19-13-7-3-1-4-8-13/h11-12,21-22H,1-10H2. The topological polar surface area (TPSA) is 65.2 Å². The molecule has 4 nitrogen and oxygen atoms in total. The quantitative estimate of drug-likeness (QED) is 0.740. The SMILES string of the molecule is Oc1cc(N=C2CCCCC2)c(O)cc1N=C1CCCCC1. The molecule has 1 aromatic rings. The third-order valence-corrected chi connectivity index (χ3v) is 4.49. The highest BCUT2D eigenvalue weighted by atomic mass is 16.3. The average molecular weight is 300 g/mol. The van der Waals surface area contributed by atoms with E-state index < -0.39 is 0 Å². The highest BCUT2D eigenvalue weighted by Gasteiger charge is 2.13. The molecule has 4 heteroatoms. The minimum atomic E-state index is 0.103. The van der Waals surface area contributed by atoms with E-state index in [1.165, 1.54) is 12.8 Å². The number of benzene rings is 1. The van der Waals surface area contributed by atoms with Gasteiger partial charge < -0.3 is 10.2 Å². The molecule has 2 N–H and O–H groups in total. The van der Waals surface area contributed by atoms with Crippen LogP contribution in [-0.2, 0) is 0 Å². The van der Waals surface area contributed by atoms with E-state index in [0.29, 0.717) is 11.4 Å². The van der Waals surface area contributed by atoms with Gasteiger partial charge in [-0.05, 0) is 51.4 Å². The molecule has 118 valence electrons. The summed E-state index contributed by atoms with van der Waals surface area (Å²) in [6.45, 7) is 0. The van der Waals surface area contributed by atoms with Crippen LogP contribution in [0.2, 0.25) is 0 Å². The second-order valence-electron chi connectivity index (χ2n) is 6.31. The van der Waals surface area contributed by atoms with Crippen molar-refractivity contribution in [1.82, 2.24) is 0 Å². The molecule has 2 aliphatic rings. The Morgan fingerprint density at radius 1 is 0.591 bits per heavy atom. The van der Waals surface area contributed by atoms with Crippen LogP contribution >= 0.6 is 0 Å². The summed E-state index contributed by atoms with van der Waals surface area (Å²) in [4.78, 5) is 9.05. The van der Waals surface area contributed by atoms with Gasteiger partial charge in [0.2, 0.25) is 0 Å². The fourth-order valence-corrected chi connectivity index (χ4v) is 3.22. The molecule has 2 saturated carbocycles. The first-order valence-corrected chi connectivity index (χ1v) is 8.41. The smallest absolute Gasteiger partial charge is 0.143 e. The molecule has 0 bridgehead atoms. The molecule has 0 radical (unpaired) electrons. The molecule has 3 rings (SSSR count). The van der Waals surface area contributed by atoms with Gasteiger partial charge in [0.15, 0.2) is 0 Å². The summed E-state index contributed by atoms with van der Waals surface area (Å²) in [6, 6.07) is 3.08. The van der Waals surface area contributed by atoms with Crippen molar-refractivity contribution in [3.8, 4) is 11.5 Å². The van der Waals surface area contributed by atoms with Crippen LogP contribution in [-0.4, -0.2) is 21.6 Å². The largest absolute Gasteiger partial charge is 0.506 e. The van der Waals surface area contributed by atoms with Crippen LogP contribution in [0.4, 0.5) is 11.4 Å². The van der Waals surface area contributed by atoms with Gasteiger partial charge in [0.25, 0.3) is 0 Å². The molecule has 0 saturated heterocycles. The van der Waals surface area contributed by atoms with E-state index in [2.05, 4.69) is 9.98 Å². The average Bonchev–Trinajstić information content (AvgIpc) is 2.54. The van der Waals surface area contributed by atoms with E-state index in [1.54, 1.807) is 12.1 Å². The number of nitrogens with zero attached hydrogens (tertiary/aromatic N) is 2. The van der Waals surface area contributed by atoms with Gasteiger partial charge in [-0.1, -0.05) is 12.8 Å². The maximum Gasteiger partial charge on any atom is 0.143 e. The lowest BCUT2D eigenvalue weighted by Crippen LogP contribution is -2.04. The first kappa shape index (κ1) is 15.1. The maximum absolute atomic E-state index is 10.2. The summed E-state index contributed by atoms with van der Waals surface area (Å²) < 4.78 is 0. The normalized spacial score (nSPS) is 19.1. The van der Waals surface area contributed by atoms with Crippen molar-refractivity contribution in [2.75, 3.05) is 0 Å². The molecular weight excluding hydrogens is 276 g/mol. The molecule has 2 aliphatic carbocycles. The van der Waals surface area contributed by atoms with Gasteiger partial charge in [-0.3, -0.25) is 9.98 Å². The van der Waals surface area contributed by atoms with Gasteiger partial charge >= 0.3 is 0 Å². The van der Waals surface area contributed by atoms with Gasteiger partial charge in [-0.15, -0.1) is 0 Å². The first-order valence-electron chi connectivity index (χ1n) is 8.41. The molecule has 22 heavy (non-hydrogen) atoms. The van der Waals surface area contributed by atoms with Crippen molar-refractivity contribution in [2.45, 2.75) is 64.2 Å². The number of hydrogen-bond donors (Lipinski definition) is 2. The number of aromatic hydroxyl groups is 2. The van der Waals surface area contributed by atoms with Crippen LogP contribution in [0, 0.1) is 0 Å². The summed E-state index contributed by atoms with van der Waals surface area (Å²) >= 11 is 0. The van der Waals surface area contributed by atoms with Crippen molar-refractivity contribution < 1.29 is 10.2 Å². The van der Waals surface area contributed by atoms with Gasteiger partial charge in [0.1, 0.15) is 22.9 Å². The second kappa shape index (κ2) is 6.95. The summed E-state index contributed by atoms with van der Waals surface area (Å²) in [5.74, 6) is 0.206. The Kier molecular flexibility index (Phi) is 4.76. The molecule has 2 fully saturated rings. The molecule has 0 heterocycles. The molecular formula is C18H24N2O2. The van der Waals surface area contributed by atoms with Crippen LogP contribution in [0.5, 0.6) is 11.5 Å². The van der Waals surface area contributed by atoms with Gasteiger partial charge in [0.05, 0.1) is 0 Å². The monoisotopic (exact) mass is 300 g/mol. The summed E-state index contributed by atoms with van der Waals surface area (Å²) in [6.07, 6.45) is 11.1. The Hall–Kier alpha value is -1.84. The zero-order valence-corrected chi connectivity index (χ0v) is 13.0. The van der Waals surface area contributed by atoms with E-state index >= 15 is 0 Å². The van der Waals surface area contributed by atoms with Gasteiger partial charge in [-0.25, -0.2) is 0 Å². The third-order valence-electron chi connectivity index (χ3n) is 4.49. The predicted octanol–water partition coefficient (Wildman–Crippen LogP) is 5.17. The van der Waals surface area contributed by atoms with Gasteiger partial charge in [0, 0.05) is 23.6 Å². The third kappa shape index (κ3) is 3.67. The minimum Gasteiger partial charge on any atom is -0.506 e. The predicted molar refractivity (Wildman–Crippen MR) is 90.1 cm³/mol. The van der Waals surface area contributed by atoms with Crippen LogP contribution in [0.1, 0.15) is 64.2 Å². The summed E-state index contributed by atoms with van der Waals surface area (Å²) in [7, 11) is 0. The number of hydrogen-bond acceptors (Lipinski definition) is 4. The molecule has 1 aromatic carbocycles. The maximum atomic E-state index is 10.2. The second-order valence-corrected chi connectivity index (χ2v) is 6.31. The summed E-state index contributed by atoms with van der Waals surface area (Å²) in [5, 5.41) is 20.4. The number of phenols is 2. The van der Waals surface area contributed by atoms with Crippen molar-refractivity contribution in [3.05, 3.63) is 12.1 Å². The zero-order valence-electron chi connectivity index (χ0n) is 13.0. The van der Waals surface area contributed by atoms with Crippen LogP contribution < -0.4 is 0 Å². The molecule has 0 spiro atoms. The molecule has 0 atom stereocenters. The summed E-state index contributed by atoms with van der Waals surface area (Å²) in [5.41, 5.74) is 3.16. The molecule has 0 unspecified atom stereocenters. The van der Waals surface area contributed by atoms with Crippen molar-refractivity contribution in [1.29, 1.82) is 0 Å². The Bertz CT molecular complexity index is 536. The van der Waals surface area contributed by atoms with Crippen molar-refractivity contribution in [2.24, 2.45) is 9.98 Å². The highest BCUT2D eigenvalue weighted by Crippen LogP contribution is 2.39. The fraction of sp³-hybridized carbons (Fsp3) is 0.556. The van der Waals surface area contributed by atoms with Crippen LogP contribution in [0.15, 0.2) is 22.1 Å². The van der Waals surface area contributed by atoms with Crippen molar-refractivity contribution >= 4 is 22.8 Å². The molecule has 0 amide bonds. The first-order chi connectivity index (χ1) is 10.7. The van der Waals surface area contributed by atoms with E-state index in [0.717, 1.165) is 62.8 Å². The Labute approximate surface area is 131 Å². The van der Waals surface area contributed by atoms with Gasteiger partial charge in [-0.2, -0.15) is 0 Å². The van der Waals surface area contributed by atoms with Crippen molar-refractivity contribution in [3.63, 3.8) is 0 Å².